The lowest BCUT2D eigenvalue weighted by atomic mass is 9.94. The van der Waals surface area contributed by atoms with Gasteiger partial charge >= 0.3 is 0 Å². The molecule has 238 valence electrons. The Hall–Kier alpha value is -2.59. The Labute approximate surface area is 259 Å². The van der Waals surface area contributed by atoms with Crippen molar-refractivity contribution < 1.29 is 29.6 Å². The number of rotatable bonds is 10. The second-order valence-electron chi connectivity index (χ2n) is 13.0. The molecular weight excluding hydrogens is 564 g/mol. The number of likely N-dealkylation sites (tertiary alicyclic amines) is 1. The average Bonchev–Trinajstić information content (AvgIpc) is 2.96. The molecule has 0 aromatic heterocycles. The molecule has 0 radical (unpaired) electrons. The van der Waals surface area contributed by atoms with Crippen molar-refractivity contribution in [2.75, 3.05) is 31.7 Å². The fourth-order valence-corrected chi connectivity index (χ4v) is 8.53. The summed E-state index contributed by atoms with van der Waals surface area (Å²) < 4.78 is 5.88. The lowest BCUT2D eigenvalue weighted by Crippen LogP contribution is -2.57. The molecule has 2 aliphatic heterocycles. The third-order valence-corrected chi connectivity index (χ3v) is 11.4. The van der Waals surface area contributed by atoms with Gasteiger partial charge in [0.25, 0.3) is 0 Å². The second-order valence-corrected chi connectivity index (χ2v) is 15.5. The quantitative estimate of drug-likeness (QED) is 0.206. The van der Waals surface area contributed by atoms with Crippen molar-refractivity contribution in [3.8, 4) is 5.75 Å². The van der Waals surface area contributed by atoms with Crippen molar-refractivity contribution in [2.24, 2.45) is 5.92 Å². The number of amides is 2. The number of benzene rings is 2. The maximum absolute atomic E-state index is 12.9. The van der Waals surface area contributed by atoms with Crippen molar-refractivity contribution in [1.82, 2.24) is 10.2 Å². The van der Waals surface area contributed by atoms with Crippen LogP contribution in [0.3, 0.4) is 0 Å². The van der Waals surface area contributed by atoms with Crippen molar-refractivity contribution in [3.63, 3.8) is 0 Å². The minimum atomic E-state index is -1.13. The molecule has 0 aliphatic carbocycles. The first-order chi connectivity index (χ1) is 20.4. The number of thiol groups is 1. The summed E-state index contributed by atoms with van der Waals surface area (Å²) in [7, 11) is -0.667. The summed E-state index contributed by atoms with van der Waals surface area (Å²) in [5.41, 5.74) is 3.52. The molecule has 2 amide bonds. The summed E-state index contributed by atoms with van der Waals surface area (Å²) in [6, 6.07) is 14.2. The van der Waals surface area contributed by atoms with Crippen LogP contribution in [0.2, 0.25) is 0 Å². The van der Waals surface area contributed by atoms with Crippen LogP contribution in [0.25, 0.3) is 0 Å². The number of hydrogen-bond donors (Lipinski definition) is 5. The predicted octanol–water partition coefficient (Wildman–Crippen LogP) is 3.67. The standard InChI is InChI=1S/C34H50N2O6S/c1-22-14-16-36(17-15-22)33(41)34(3,4)35-29(38)7-6-18-42-27-12-9-24(10-13-27)19-26-20-25(11-8-23(26)2)32-31(40)30(39)28(37)21-43(32)5/h8-13,20,22,28,30-32,37,39-40,43H,6-7,14-19,21H2,1-5H3,(H,35,38)/t28-,30-,31-,32+/m1/s1. The Morgan fingerprint density at radius 2 is 1.72 bits per heavy atom. The highest BCUT2D eigenvalue weighted by Gasteiger charge is 2.40. The first-order valence-electron chi connectivity index (χ1n) is 15.5. The van der Waals surface area contributed by atoms with Gasteiger partial charge in [-0.25, -0.2) is 10.9 Å². The number of carbonyl (C=O) groups is 2. The summed E-state index contributed by atoms with van der Waals surface area (Å²) in [5.74, 6) is 1.72. The molecule has 0 spiro atoms. The van der Waals surface area contributed by atoms with Crippen LogP contribution in [0.1, 0.15) is 74.0 Å². The molecule has 5 atom stereocenters. The van der Waals surface area contributed by atoms with Crippen molar-refractivity contribution in [1.29, 1.82) is 0 Å². The summed E-state index contributed by atoms with van der Waals surface area (Å²) in [4.78, 5) is 27.4. The Kier molecular flexibility index (Phi) is 11.2. The smallest absolute Gasteiger partial charge is 0.247 e. The van der Waals surface area contributed by atoms with E-state index in [0.717, 1.165) is 60.4 Å². The van der Waals surface area contributed by atoms with Gasteiger partial charge in [-0.1, -0.05) is 37.3 Å². The Morgan fingerprint density at radius 1 is 1.05 bits per heavy atom. The van der Waals surface area contributed by atoms with Gasteiger partial charge in [0.05, 0.1) is 18.8 Å². The lowest BCUT2D eigenvalue weighted by Gasteiger charge is -2.42. The molecule has 2 fully saturated rings. The zero-order chi connectivity index (χ0) is 31.3. The van der Waals surface area contributed by atoms with E-state index in [0.29, 0.717) is 24.7 Å². The average molecular weight is 615 g/mol. The summed E-state index contributed by atoms with van der Waals surface area (Å²) in [6.45, 7) is 9.73. The molecule has 43 heavy (non-hydrogen) atoms. The van der Waals surface area contributed by atoms with E-state index in [2.05, 4.69) is 37.6 Å². The van der Waals surface area contributed by atoms with E-state index >= 15 is 0 Å². The van der Waals surface area contributed by atoms with Gasteiger partial charge in [0.2, 0.25) is 11.8 Å². The highest BCUT2D eigenvalue weighted by atomic mass is 32.2. The minimum absolute atomic E-state index is 0.0216. The zero-order valence-electron chi connectivity index (χ0n) is 26.3. The summed E-state index contributed by atoms with van der Waals surface area (Å²) in [6.07, 6.45) is 2.66. The monoisotopic (exact) mass is 614 g/mol. The van der Waals surface area contributed by atoms with Gasteiger partial charge in [0.15, 0.2) is 0 Å². The van der Waals surface area contributed by atoms with Crippen LogP contribution >= 0.6 is 10.9 Å². The maximum atomic E-state index is 12.9. The van der Waals surface area contributed by atoms with Crippen LogP contribution < -0.4 is 10.1 Å². The zero-order valence-corrected chi connectivity index (χ0v) is 27.1. The molecule has 4 N–H and O–H groups in total. The largest absolute Gasteiger partial charge is 0.494 e. The molecule has 2 aromatic carbocycles. The molecule has 9 heteroatoms. The van der Waals surface area contributed by atoms with Crippen molar-refractivity contribution >= 4 is 22.7 Å². The summed E-state index contributed by atoms with van der Waals surface area (Å²) >= 11 is 0. The Bertz CT molecular complexity index is 1240. The molecule has 1 unspecified atom stereocenters. The number of aryl methyl sites for hydroxylation is 1. The van der Waals surface area contributed by atoms with Gasteiger partial charge < -0.3 is 30.3 Å². The molecule has 2 heterocycles. The van der Waals surface area contributed by atoms with Crippen LogP contribution in [-0.2, 0) is 16.0 Å². The van der Waals surface area contributed by atoms with E-state index in [1.54, 1.807) is 13.8 Å². The SMILES string of the molecule is Cc1ccc([C@H]2[C@H](O)[C@H](O)[C@H](O)C[SH]2C)cc1Cc1ccc(OCCCC(=O)NC(C)(C)C(=O)N2CCC(C)CC2)cc1. The first kappa shape index (κ1) is 33.3. The van der Waals surface area contributed by atoms with E-state index in [-0.39, 0.29) is 23.5 Å². The second kappa shape index (κ2) is 14.5. The Balaban J connectivity index is 1.24. The lowest BCUT2D eigenvalue weighted by molar-refractivity contribution is -0.141. The first-order valence-corrected chi connectivity index (χ1v) is 17.6. The highest BCUT2D eigenvalue weighted by Crippen LogP contribution is 2.48. The van der Waals surface area contributed by atoms with Gasteiger partial charge in [-0.15, -0.1) is 0 Å². The van der Waals surface area contributed by atoms with E-state index in [1.165, 1.54) is 0 Å². The van der Waals surface area contributed by atoms with Gasteiger partial charge in [0, 0.05) is 30.5 Å². The van der Waals surface area contributed by atoms with Gasteiger partial charge in [0.1, 0.15) is 17.4 Å². The van der Waals surface area contributed by atoms with Gasteiger partial charge in [-0.2, -0.15) is 0 Å². The normalized spacial score (nSPS) is 25.8. The molecule has 4 rings (SSSR count). The number of aliphatic hydroxyl groups excluding tert-OH is 3. The van der Waals surface area contributed by atoms with E-state index in [4.69, 9.17) is 4.74 Å². The predicted molar refractivity (Wildman–Crippen MR) is 173 cm³/mol. The fraction of sp³-hybridized carbons (Fsp3) is 0.588. The molecular formula is C34H50N2O6S. The number of nitrogens with zero attached hydrogens (tertiary/aromatic N) is 1. The van der Waals surface area contributed by atoms with Gasteiger partial charge in [-0.3, -0.25) is 9.59 Å². The molecule has 2 saturated heterocycles. The topological polar surface area (TPSA) is 119 Å². The van der Waals surface area contributed by atoms with Crippen LogP contribution in [0.5, 0.6) is 5.75 Å². The highest BCUT2D eigenvalue weighted by molar-refractivity contribution is 8.16. The van der Waals surface area contributed by atoms with E-state index in [1.807, 2.05) is 35.2 Å². The molecule has 0 saturated carbocycles. The van der Waals surface area contributed by atoms with Crippen LogP contribution in [0.15, 0.2) is 42.5 Å². The van der Waals surface area contributed by atoms with Crippen LogP contribution in [0.4, 0.5) is 0 Å². The maximum Gasteiger partial charge on any atom is 0.247 e. The minimum Gasteiger partial charge on any atom is -0.494 e. The number of ether oxygens (including phenoxy) is 1. The summed E-state index contributed by atoms with van der Waals surface area (Å²) in [5, 5.41) is 33.8. The van der Waals surface area contributed by atoms with E-state index < -0.39 is 34.7 Å². The molecule has 2 aliphatic rings. The van der Waals surface area contributed by atoms with Crippen LogP contribution in [0, 0.1) is 12.8 Å². The van der Waals surface area contributed by atoms with Crippen molar-refractivity contribution in [3.05, 3.63) is 64.7 Å². The van der Waals surface area contributed by atoms with Gasteiger partial charge in [-0.05, 0) is 93.0 Å². The number of piperidine rings is 1. The molecule has 0 bridgehead atoms. The molecule has 2 aromatic rings. The number of hydrogen-bond acceptors (Lipinski definition) is 6. The number of carbonyl (C=O) groups excluding carboxylic acids is 2. The Morgan fingerprint density at radius 3 is 2.40 bits per heavy atom. The third-order valence-electron chi connectivity index (χ3n) is 8.92. The van der Waals surface area contributed by atoms with Crippen LogP contribution in [-0.4, -0.2) is 87.6 Å². The third kappa shape index (κ3) is 8.53. The fourth-order valence-electron chi connectivity index (χ4n) is 6.13. The van der Waals surface area contributed by atoms with Crippen molar-refractivity contribution in [2.45, 2.75) is 88.9 Å². The number of aliphatic hydroxyl groups is 3. The number of nitrogens with one attached hydrogen (secondary N) is 1. The van der Waals surface area contributed by atoms with E-state index in [9.17, 15) is 24.9 Å². The molecule has 8 nitrogen and oxygen atoms in total.